The highest BCUT2D eigenvalue weighted by Crippen LogP contribution is 2.35. The van der Waals surface area contributed by atoms with Crippen molar-refractivity contribution in [1.82, 2.24) is 8.96 Å². The molecule has 118 valence electrons. The lowest BCUT2D eigenvalue weighted by Crippen LogP contribution is -2.04. The van der Waals surface area contributed by atoms with Crippen LogP contribution in [0.3, 0.4) is 0 Å². The van der Waals surface area contributed by atoms with Gasteiger partial charge in [0.05, 0.1) is 4.90 Å². The number of hydrogen-bond donors (Lipinski definition) is 0. The lowest BCUT2D eigenvalue weighted by molar-refractivity contribution is 0.678. The van der Waals surface area contributed by atoms with Gasteiger partial charge in [0.2, 0.25) is 0 Å². The second-order valence-corrected chi connectivity index (χ2v) is 7.51. The number of fused-ring (bicyclic) bond motifs is 1. The van der Waals surface area contributed by atoms with Crippen molar-refractivity contribution < 1.29 is 4.21 Å². The lowest BCUT2D eigenvalue weighted by atomic mass is 10.1. The first-order valence-electron chi connectivity index (χ1n) is 7.44. The van der Waals surface area contributed by atoms with Gasteiger partial charge in [0.1, 0.15) is 0 Å². The predicted octanol–water partition coefficient (Wildman–Crippen LogP) is 5.04. The molecule has 0 bridgehead atoms. The molecule has 4 rings (SSSR count). The van der Waals surface area contributed by atoms with Gasteiger partial charge < -0.3 is 0 Å². The third-order valence-corrected chi connectivity index (χ3v) is 5.78. The minimum Gasteiger partial charge on any atom is -0.245 e. The zero-order valence-corrected chi connectivity index (χ0v) is 15.0. The van der Waals surface area contributed by atoms with Crippen LogP contribution < -0.4 is 0 Å². The van der Waals surface area contributed by atoms with Gasteiger partial charge in [-0.15, -0.1) is 0 Å². The highest BCUT2D eigenvalue weighted by Gasteiger charge is 2.18. The van der Waals surface area contributed by atoms with Crippen LogP contribution in [0, 0.1) is 0 Å². The van der Waals surface area contributed by atoms with Crippen LogP contribution in [0.2, 0.25) is 0 Å². The van der Waals surface area contributed by atoms with Crippen molar-refractivity contribution in [2.75, 3.05) is 0 Å². The van der Waals surface area contributed by atoms with E-state index in [2.05, 4.69) is 20.9 Å². The number of aromatic nitrogens is 2. The second-order valence-electron chi connectivity index (χ2n) is 5.29. The van der Waals surface area contributed by atoms with Crippen LogP contribution in [0.4, 0.5) is 0 Å². The predicted molar refractivity (Wildman–Crippen MR) is 101 cm³/mol. The Labute approximate surface area is 150 Å². The Morgan fingerprint density at radius 1 is 0.917 bits per heavy atom. The first-order valence-corrected chi connectivity index (χ1v) is 9.34. The Morgan fingerprint density at radius 3 is 2.29 bits per heavy atom. The quantitative estimate of drug-likeness (QED) is 0.486. The average Bonchev–Trinajstić information content (AvgIpc) is 3.04. The molecule has 0 fully saturated rings. The third-order valence-electron chi connectivity index (χ3n) is 3.81. The van der Waals surface area contributed by atoms with Crippen LogP contribution in [0.25, 0.3) is 22.2 Å². The molecular weight excluding hydrogens is 384 g/mol. The van der Waals surface area contributed by atoms with Gasteiger partial charge in [-0.2, -0.15) is 0 Å². The van der Waals surface area contributed by atoms with Gasteiger partial charge in [0, 0.05) is 27.8 Å². The summed E-state index contributed by atoms with van der Waals surface area (Å²) in [5.41, 5.74) is 2.78. The molecule has 5 heteroatoms. The second kappa shape index (κ2) is 6.34. The third kappa shape index (κ3) is 2.60. The first-order chi connectivity index (χ1) is 11.8. The standard InChI is InChI=1S/C19H13BrN2OS/c20-17-11-12-21-19-18(17)16(14-7-3-1-4-8-14)13-22(19)24(23)15-9-5-2-6-10-15/h1-13H. The van der Waals surface area contributed by atoms with E-state index in [1.54, 1.807) is 10.2 Å². The number of halogens is 1. The topological polar surface area (TPSA) is 34.9 Å². The zero-order valence-electron chi connectivity index (χ0n) is 12.6. The van der Waals surface area contributed by atoms with E-state index in [9.17, 15) is 4.21 Å². The van der Waals surface area contributed by atoms with Crippen molar-refractivity contribution >= 4 is 37.9 Å². The molecule has 0 radical (unpaired) electrons. The van der Waals surface area contributed by atoms with E-state index in [1.165, 1.54) is 0 Å². The van der Waals surface area contributed by atoms with Crippen LogP contribution in [0.1, 0.15) is 0 Å². The summed E-state index contributed by atoms with van der Waals surface area (Å²) in [4.78, 5) is 5.22. The molecule has 1 atom stereocenters. The fourth-order valence-electron chi connectivity index (χ4n) is 2.70. The Hall–Kier alpha value is -2.24. The van der Waals surface area contributed by atoms with E-state index in [0.29, 0.717) is 5.65 Å². The van der Waals surface area contributed by atoms with Gasteiger partial charge in [-0.25, -0.2) is 13.2 Å². The number of rotatable bonds is 3. The highest BCUT2D eigenvalue weighted by molar-refractivity contribution is 9.10. The summed E-state index contributed by atoms with van der Waals surface area (Å²) < 4.78 is 15.7. The normalized spacial score (nSPS) is 12.4. The number of hydrogen-bond acceptors (Lipinski definition) is 2. The van der Waals surface area contributed by atoms with E-state index in [0.717, 1.165) is 25.9 Å². The Kier molecular flexibility index (Phi) is 4.04. The molecule has 4 aromatic rings. The van der Waals surface area contributed by atoms with Crippen LogP contribution in [0.5, 0.6) is 0 Å². The van der Waals surface area contributed by atoms with E-state index < -0.39 is 11.0 Å². The van der Waals surface area contributed by atoms with E-state index >= 15 is 0 Å². The maximum absolute atomic E-state index is 13.0. The molecule has 2 aromatic heterocycles. The molecule has 0 amide bonds. The van der Waals surface area contributed by atoms with Gasteiger partial charge in [-0.1, -0.05) is 48.5 Å². The molecule has 1 unspecified atom stereocenters. The Balaban J connectivity index is 1.98. The maximum atomic E-state index is 13.0. The molecule has 0 aliphatic heterocycles. The molecule has 2 aromatic carbocycles. The van der Waals surface area contributed by atoms with Crippen molar-refractivity contribution in [1.29, 1.82) is 0 Å². The molecule has 0 spiro atoms. The van der Waals surface area contributed by atoms with Crippen molar-refractivity contribution in [2.45, 2.75) is 4.90 Å². The summed E-state index contributed by atoms with van der Waals surface area (Å²) in [6.07, 6.45) is 3.64. The van der Waals surface area contributed by atoms with Crippen LogP contribution >= 0.6 is 15.9 Å². The minimum atomic E-state index is -1.35. The monoisotopic (exact) mass is 396 g/mol. The van der Waals surface area contributed by atoms with Gasteiger partial charge >= 0.3 is 0 Å². The maximum Gasteiger partial charge on any atom is 0.158 e. The molecule has 0 saturated carbocycles. The summed E-state index contributed by atoms with van der Waals surface area (Å²) in [6, 6.07) is 21.4. The van der Waals surface area contributed by atoms with Crippen molar-refractivity contribution in [3.8, 4) is 11.1 Å². The number of nitrogens with zero attached hydrogens (tertiary/aromatic N) is 2. The fraction of sp³-hybridized carbons (Fsp3) is 0. The van der Waals surface area contributed by atoms with E-state index in [4.69, 9.17) is 0 Å². The molecule has 2 heterocycles. The average molecular weight is 397 g/mol. The van der Waals surface area contributed by atoms with Crippen LogP contribution in [0.15, 0.2) is 88.5 Å². The van der Waals surface area contributed by atoms with Crippen molar-refractivity contribution in [2.24, 2.45) is 0 Å². The van der Waals surface area contributed by atoms with Gasteiger partial charge in [0.15, 0.2) is 16.6 Å². The zero-order chi connectivity index (χ0) is 16.5. The molecular formula is C19H13BrN2OS. The smallest absolute Gasteiger partial charge is 0.158 e. The summed E-state index contributed by atoms with van der Waals surface area (Å²) in [5, 5.41) is 0.966. The SMILES string of the molecule is O=S(c1ccccc1)n1cc(-c2ccccc2)c2c(Br)ccnc21. The highest BCUT2D eigenvalue weighted by atomic mass is 79.9. The van der Waals surface area contributed by atoms with Gasteiger partial charge in [-0.3, -0.25) is 0 Å². The summed E-state index contributed by atoms with van der Waals surface area (Å²) >= 11 is 3.61. The van der Waals surface area contributed by atoms with Crippen molar-refractivity contribution in [3.05, 3.63) is 83.6 Å². The van der Waals surface area contributed by atoms with Crippen molar-refractivity contribution in [3.63, 3.8) is 0 Å². The summed E-state index contributed by atoms with van der Waals surface area (Å²) in [6.45, 7) is 0. The molecule has 0 aliphatic carbocycles. The Bertz CT molecular complexity index is 1030. The number of benzene rings is 2. The number of pyridine rings is 1. The first kappa shape index (κ1) is 15.3. The largest absolute Gasteiger partial charge is 0.245 e. The molecule has 0 N–H and O–H groups in total. The molecule has 0 aliphatic rings. The van der Waals surface area contributed by atoms with Crippen LogP contribution in [-0.4, -0.2) is 13.2 Å². The summed E-state index contributed by atoms with van der Waals surface area (Å²) in [5.74, 6) is 0. The molecule has 24 heavy (non-hydrogen) atoms. The van der Waals surface area contributed by atoms with Gasteiger partial charge in [-0.05, 0) is 39.7 Å². The fourth-order valence-corrected chi connectivity index (χ4v) is 4.32. The molecule has 3 nitrogen and oxygen atoms in total. The lowest BCUT2D eigenvalue weighted by Gasteiger charge is -2.04. The van der Waals surface area contributed by atoms with Gasteiger partial charge in [0.25, 0.3) is 0 Å². The van der Waals surface area contributed by atoms with Crippen LogP contribution in [-0.2, 0) is 11.0 Å². The van der Waals surface area contributed by atoms with E-state index in [-0.39, 0.29) is 0 Å². The van der Waals surface area contributed by atoms with E-state index in [1.807, 2.05) is 72.9 Å². The minimum absolute atomic E-state index is 0.699. The Morgan fingerprint density at radius 2 is 1.58 bits per heavy atom. The summed E-state index contributed by atoms with van der Waals surface area (Å²) in [7, 11) is -1.35. The molecule has 0 saturated heterocycles.